The first-order valence-electron chi connectivity index (χ1n) is 7.12. The molecule has 3 rings (SSSR count). The van der Waals surface area contributed by atoms with Gasteiger partial charge >= 0.3 is 0 Å². The molecule has 0 radical (unpaired) electrons. The van der Waals surface area contributed by atoms with Gasteiger partial charge in [0.1, 0.15) is 0 Å². The molecule has 0 aromatic heterocycles. The maximum atomic E-state index is 12.3. The zero-order valence-electron chi connectivity index (χ0n) is 11.9. The molecule has 0 aromatic carbocycles. The summed E-state index contributed by atoms with van der Waals surface area (Å²) in [5, 5.41) is -0.255. The Labute approximate surface area is 110 Å². The van der Waals surface area contributed by atoms with Crippen LogP contribution < -0.4 is 0 Å². The van der Waals surface area contributed by atoms with Crippen LogP contribution in [-0.4, -0.2) is 19.8 Å². The molecule has 2 bridgehead atoms. The number of fused-ring (bicyclic) bond motifs is 1. The number of rotatable bonds is 2. The second-order valence-electron chi connectivity index (χ2n) is 7.45. The van der Waals surface area contributed by atoms with E-state index < -0.39 is 10.1 Å². The van der Waals surface area contributed by atoms with Crippen molar-refractivity contribution in [3.8, 4) is 0 Å². The minimum Gasteiger partial charge on any atom is -0.266 e. The predicted molar refractivity (Wildman–Crippen MR) is 70.5 cm³/mol. The van der Waals surface area contributed by atoms with Gasteiger partial charge in [-0.3, -0.25) is 4.18 Å². The van der Waals surface area contributed by atoms with E-state index in [1.165, 1.54) is 0 Å². The van der Waals surface area contributed by atoms with Crippen LogP contribution in [0, 0.1) is 35.0 Å². The van der Waals surface area contributed by atoms with Gasteiger partial charge in [0.15, 0.2) is 0 Å². The summed E-state index contributed by atoms with van der Waals surface area (Å²) in [6, 6.07) is 0. The molecule has 1 saturated heterocycles. The van der Waals surface area contributed by atoms with Gasteiger partial charge in [-0.05, 0) is 36.0 Å². The van der Waals surface area contributed by atoms with Crippen molar-refractivity contribution in [3.63, 3.8) is 0 Å². The van der Waals surface area contributed by atoms with Crippen LogP contribution in [0.3, 0.4) is 0 Å². The molecule has 0 spiro atoms. The van der Waals surface area contributed by atoms with Gasteiger partial charge in [-0.25, -0.2) is 0 Å². The third-order valence-corrected chi connectivity index (χ3v) is 7.70. The van der Waals surface area contributed by atoms with Crippen molar-refractivity contribution in [1.82, 2.24) is 0 Å². The highest BCUT2D eigenvalue weighted by Gasteiger charge is 2.74. The van der Waals surface area contributed by atoms with Crippen LogP contribution in [-0.2, 0) is 14.3 Å². The summed E-state index contributed by atoms with van der Waals surface area (Å²) in [5.41, 5.74) is -0.132. The molecule has 2 saturated carbocycles. The van der Waals surface area contributed by atoms with Crippen LogP contribution >= 0.6 is 0 Å². The molecule has 104 valence electrons. The Morgan fingerprint density at radius 3 is 2.17 bits per heavy atom. The first-order valence-corrected chi connectivity index (χ1v) is 8.59. The summed E-state index contributed by atoms with van der Waals surface area (Å²) in [7, 11) is -3.35. The standard InChI is InChI=1S/C14H24O3S/c1-7(2)10-9-6-14(5)12(10)17-18(15,16)13(14)11(9)8(3)4/h7-13H,6H2,1-5H3. The molecule has 3 nitrogen and oxygen atoms in total. The summed E-state index contributed by atoms with van der Waals surface area (Å²) in [6.45, 7) is 10.9. The van der Waals surface area contributed by atoms with Crippen LogP contribution in [0.1, 0.15) is 41.0 Å². The molecule has 3 fully saturated rings. The van der Waals surface area contributed by atoms with Gasteiger partial charge in [-0.15, -0.1) is 0 Å². The minimum absolute atomic E-state index is 0.0625. The van der Waals surface area contributed by atoms with E-state index in [-0.39, 0.29) is 22.7 Å². The quantitative estimate of drug-likeness (QED) is 0.726. The van der Waals surface area contributed by atoms with E-state index in [4.69, 9.17) is 4.18 Å². The van der Waals surface area contributed by atoms with E-state index in [9.17, 15) is 8.42 Å². The van der Waals surface area contributed by atoms with E-state index in [0.29, 0.717) is 23.7 Å². The molecule has 1 aliphatic heterocycles. The maximum absolute atomic E-state index is 12.3. The third kappa shape index (κ3) is 1.31. The molecule has 3 aliphatic rings. The molecule has 4 heteroatoms. The lowest BCUT2D eigenvalue weighted by atomic mass is 9.66. The van der Waals surface area contributed by atoms with Crippen molar-refractivity contribution in [3.05, 3.63) is 0 Å². The lowest BCUT2D eigenvalue weighted by molar-refractivity contribution is 0.0299. The first-order chi connectivity index (χ1) is 8.20. The maximum Gasteiger partial charge on any atom is 0.271 e. The van der Waals surface area contributed by atoms with Crippen LogP contribution in [0.2, 0.25) is 0 Å². The Bertz CT molecular complexity index is 467. The van der Waals surface area contributed by atoms with Crippen LogP contribution in [0.5, 0.6) is 0 Å². The molecule has 6 unspecified atom stereocenters. The van der Waals surface area contributed by atoms with E-state index in [2.05, 4.69) is 34.6 Å². The number of hydrogen-bond donors (Lipinski definition) is 0. The van der Waals surface area contributed by atoms with Crippen molar-refractivity contribution in [2.24, 2.45) is 35.0 Å². The topological polar surface area (TPSA) is 43.4 Å². The van der Waals surface area contributed by atoms with E-state index >= 15 is 0 Å². The minimum atomic E-state index is -3.35. The lowest BCUT2D eigenvalue weighted by Crippen LogP contribution is -2.46. The van der Waals surface area contributed by atoms with Gasteiger partial charge in [0.05, 0.1) is 11.4 Å². The van der Waals surface area contributed by atoms with Crippen molar-refractivity contribution in [1.29, 1.82) is 0 Å². The Morgan fingerprint density at radius 2 is 1.67 bits per heavy atom. The van der Waals surface area contributed by atoms with Gasteiger partial charge in [-0.2, -0.15) is 8.42 Å². The second kappa shape index (κ2) is 3.51. The average molecular weight is 272 g/mol. The van der Waals surface area contributed by atoms with Crippen LogP contribution in [0.25, 0.3) is 0 Å². The summed E-state index contributed by atoms with van der Waals surface area (Å²) in [4.78, 5) is 0. The Kier molecular flexibility index (Phi) is 2.52. The highest BCUT2D eigenvalue weighted by atomic mass is 32.2. The summed E-state index contributed by atoms with van der Waals surface area (Å²) >= 11 is 0. The Balaban J connectivity index is 2.14. The second-order valence-corrected chi connectivity index (χ2v) is 9.13. The van der Waals surface area contributed by atoms with Gasteiger partial charge in [0.2, 0.25) is 0 Å². The smallest absolute Gasteiger partial charge is 0.266 e. The third-order valence-electron chi connectivity index (χ3n) is 5.75. The van der Waals surface area contributed by atoms with Crippen molar-refractivity contribution >= 4 is 10.1 Å². The molecule has 2 aliphatic carbocycles. The zero-order chi connectivity index (χ0) is 13.5. The molecular weight excluding hydrogens is 248 g/mol. The predicted octanol–water partition coefficient (Wildman–Crippen LogP) is 2.67. The lowest BCUT2D eigenvalue weighted by Gasteiger charge is -2.39. The molecule has 0 amide bonds. The Hall–Kier alpha value is -0.0900. The molecule has 18 heavy (non-hydrogen) atoms. The normalized spacial score (nSPS) is 52.7. The van der Waals surface area contributed by atoms with Crippen molar-refractivity contribution in [2.75, 3.05) is 0 Å². The first kappa shape index (κ1) is 12.9. The molecule has 0 aromatic rings. The van der Waals surface area contributed by atoms with Crippen LogP contribution in [0.15, 0.2) is 0 Å². The van der Waals surface area contributed by atoms with Crippen LogP contribution in [0.4, 0.5) is 0 Å². The van der Waals surface area contributed by atoms with Gasteiger partial charge < -0.3 is 0 Å². The fraction of sp³-hybridized carbons (Fsp3) is 1.00. The van der Waals surface area contributed by atoms with Gasteiger partial charge in [-0.1, -0.05) is 34.6 Å². The van der Waals surface area contributed by atoms with E-state index in [1.54, 1.807) is 0 Å². The fourth-order valence-corrected chi connectivity index (χ4v) is 7.90. The zero-order valence-corrected chi connectivity index (χ0v) is 12.7. The van der Waals surface area contributed by atoms with Gasteiger partial charge in [0.25, 0.3) is 10.1 Å². The Morgan fingerprint density at radius 1 is 1.11 bits per heavy atom. The van der Waals surface area contributed by atoms with Gasteiger partial charge in [0, 0.05) is 5.41 Å². The van der Waals surface area contributed by atoms with Crippen molar-refractivity contribution < 1.29 is 12.6 Å². The summed E-state index contributed by atoms with van der Waals surface area (Å²) < 4.78 is 30.2. The van der Waals surface area contributed by atoms with E-state index in [0.717, 1.165) is 6.42 Å². The highest BCUT2D eigenvalue weighted by molar-refractivity contribution is 7.87. The average Bonchev–Trinajstić information content (AvgIpc) is 2.67. The number of hydrogen-bond acceptors (Lipinski definition) is 3. The molecular formula is C14H24O3S. The largest absolute Gasteiger partial charge is 0.271 e. The molecule has 0 N–H and O–H groups in total. The molecule has 6 atom stereocenters. The highest BCUT2D eigenvalue weighted by Crippen LogP contribution is 2.69. The van der Waals surface area contributed by atoms with E-state index in [1.807, 2.05) is 0 Å². The molecule has 1 heterocycles. The SMILES string of the molecule is CC(C)C1C2CC3(C)C1OS(=O)(=O)C3C2C(C)C. The summed E-state index contributed by atoms with van der Waals surface area (Å²) in [5.74, 6) is 2.14. The summed E-state index contributed by atoms with van der Waals surface area (Å²) in [6.07, 6.45) is 0.972. The fourth-order valence-electron chi connectivity index (χ4n) is 5.35. The monoisotopic (exact) mass is 272 g/mol. The van der Waals surface area contributed by atoms with Crippen molar-refractivity contribution in [2.45, 2.75) is 52.4 Å².